The average Bonchev–Trinajstić information content (AvgIpc) is 3.15. The molecule has 1 fully saturated rings. The van der Waals surface area contributed by atoms with E-state index in [0.29, 0.717) is 35.2 Å². The van der Waals surface area contributed by atoms with Gasteiger partial charge < -0.3 is 25.2 Å². The molecule has 0 unspecified atom stereocenters. The van der Waals surface area contributed by atoms with Crippen molar-refractivity contribution in [3.05, 3.63) is 39.7 Å². The van der Waals surface area contributed by atoms with Crippen LogP contribution in [0.2, 0.25) is 5.28 Å². The Hall–Kier alpha value is -3.12. The van der Waals surface area contributed by atoms with E-state index in [2.05, 4.69) is 37.4 Å². The largest absolute Gasteiger partial charge is 0.418 e. The van der Waals surface area contributed by atoms with E-state index >= 15 is 0 Å². The number of nitrogens with one attached hydrogen (secondary N) is 2. The topological polar surface area (TPSA) is 108 Å². The van der Waals surface area contributed by atoms with Crippen molar-refractivity contribution in [3.63, 3.8) is 0 Å². The highest BCUT2D eigenvalue weighted by Crippen LogP contribution is 2.42. The van der Waals surface area contributed by atoms with Crippen molar-refractivity contribution in [2.45, 2.75) is 18.5 Å². The minimum absolute atomic E-state index is 0.0410. The van der Waals surface area contributed by atoms with Crippen LogP contribution in [0.4, 0.5) is 5.69 Å². The Labute approximate surface area is 215 Å². The molecule has 6 heterocycles. The van der Waals surface area contributed by atoms with Gasteiger partial charge in [0.25, 0.3) is 5.91 Å². The zero-order chi connectivity index (χ0) is 24.6. The summed E-state index contributed by atoms with van der Waals surface area (Å²) < 4.78 is 7.08. The number of anilines is 1. The Morgan fingerprint density at radius 2 is 2.03 bits per heavy atom. The standard InChI is InChI=1S/C24H23ClN8O2S/c1-32-6-5-13-12(8-32)22(30-23(25)29-13)35-16-7-26-18-14(28-16)3-4-15-17(18)19-20(36-15)21(34)31-24(9-27-19)10-33(2)11-24/h3-4,7,27H,5-6,8-11H2,1-2H3,(H,31,34). The molecule has 1 saturated heterocycles. The number of halogens is 1. The van der Waals surface area contributed by atoms with Crippen LogP contribution < -0.4 is 15.4 Å². The van der Waals surface area contributed by atoms with Crippen molar-refractivity contribution < 1.29 is 9.53 Å². The van der Waals surface area contributed by atoms with Crippen LogP contribution in [0, 0.1) is 0 Å². The summed E-state index contributed by atoms with van der Waals surface area (Å²) in [6, 6.07) is 3.89. The molecule has 184 valence electrons. The van der Waals surface area contributed by atoms with Gasteiger partial charge in [0.05, 0.1) is 39.7 Å². The van der Waals surface area contributed by atoms with Crippen molar-refractivity contribution in [2.24, 2.45) is 0 Å². The maximum absolute atomic E-state index is 13.1. The molecule has 3 aliphatic heterocycles. The predicted molar refractivity (Wildman–Crippen MR) is 138 cm³/mol. The molecule has 0 saturated carbocycles. The number of thiophene rings is 1. The first kappa shape index (κ1) is 22.1. The van der Waals surface area contributed by atoms with E-state index < -0.39 is 0 Å². The molecule has 1 aromatic carbocycles. The van der Waals surface area contributed by atoms with Crippen LogP contribution in [0.1, 0.15) is 20.9 Å². The molecule has 0 radical (unpaired) electrons. The number of rotatable bonds is 2. The fourth-order valence-electron chi connectivity index (χ4n) is 5.48. The number of carbonyl (C=O) groups is 1. The third kappa shape index (κ3) is 3.49. The predicted octanol–water partition coefficient (Wildman–Crippen LogP) is 2.91. The molecular formula is C24H23ClN8O2S. The summed E-state index contributed by atoms with van der Waals surface area (Å²) in [6.07, 6.45) is 2.38. The van der Waals surface area contributed by atoms with E-state index in [4.69, 9.17) is 26.3 Å². The lowest BCUT2D eigenvalue weighted by molar-refractivity contribution is 0.0603. The second-order valence-corrected chi connectivity index (χ2v) is 11.3. The molecule has 2 N–H and O–H groups in total. The van der Waals surface area contributed by atoms with Crippen LogP contribution in [0.5, 0.6) is 11.8 Å². The molecule has 3 aliphatic rings. The molecule has 0 aliphatic carbocycles. The Morgan fingerprint density at radius 1 is 1.17 bits per heavy atom. The molecule has 3 aromatic heterocycles. The van der Waals surface area contributed by atoms with E-state index in [-0.39, 0.29) is 16.7 Å². The lowest BCUT2D eigenvalue weighted by Gasteiger charge is -2.48. The van der Waals surface area contributed by atoms with Crippen molar-refractivity contribution in [2.75, 3.05) is 45.6 Å². The van der Waals surface area contributed by atoms with Crippen LogP contribution in [-0.2, 0) is 13.0 Å². The second kappa shape index (κ2) is 7.94. The number of carbonyl (C=O) groups excluding carboxylic acids is 1. The van der Waals surface area contributed by atoms with Gasteiger partial charge in [-0.15, -0.1) is 11.3 Å². The fourth-order valence-corrected chi connectivity index (χ4v) is 6.74. The van der Waals surface area contributed by atoms with Gasteiger partial charge in [-0.25, -0.2) is 15.0 Å². The van der Waals surface area contributed by atoms with E-state index in [1.165, 1.54) is 11.3 Å². The Kier molecular flexibility index (Phi) is 4.88. The molecule has 1 spiro atoms. The first-order valence-electron chi connectivity index (χ1n) is 11.8. The van der Waals surface area contributed by atoms with Gasteiger partial charge in [0.2, 0.25) is 17.0 Å². The Bertz CT molecular complexity index is 1570. The molecule has 4 aromatic rings. The Morgan fingerprint density at radius 3 is 2.86 bits per heavy atom. The maximum atomic E-state index is 13.1. The van der Waals surface area contributed by atoms with Crippen molar-refractivity contribution in [1.82, 2.24) is 35.1 Å². The number of likely N-dealkylation sites (N-methyl/N-ethyl adjacent to an activating group) is 2. The van der Waals surface area contributed by atoms with Crippen LogP contribution in [0.15, 0.2) is 18.3 Å². The number of benzene rings is 1. The molecule has 36 heavy (non-hydrogen) atoms. The zero-order valence-corrected chi connectivity index (χ0v) is 21.3. The highest BCUT2D eigenvalue weighted by molar-refractivity contribution is 7.21. The lowest BCUT2D eigenvalue weighted by atomic mass is 9.90. The van der Waals surface area contributed by atoms with Crippen LogP contribution in [0.3, 0.4) is 0 Å². The lowest BCUT2D eigenvalue weighted by Crippen LogP contribution is -2.71. The van der Waals surface area contributed by atoms with Gasteiger partial charge in [-0.1, -0.05) is 0 Å². The highest BCUT2D eigenvalue weighted by Gasteiger charge is 2.45. The fraction of sp³-hybridized carbons (Fsp3) is 0.375. The third-order valence-corrected chi connectivity index (χ3v) is 8.39. The SMILES string of the molecule is CN1CCc2nc(Cl)nc(Oc3cnc4c(ccc5sc6c(c54)NCC4(CN(C)C4)NC6=O)n3)c2C1. The van der Waals surface area contributed by atoms with Crippen molar-refractivity contribution in [3.8, 4) is 11.8 Å². The molecule has 12 heteroatoms. The normalized spacial score (nSPS) is 19.4. The number of hydrogen-bond donors (Lipinski definition) is 2. The number of ether oxygens (including phenoxy) is 1. The van der Waals surface area contributed by atoms with Crippen LogP contribution in [0.25, 0.3) is 21.1 Å². The van der Waals surface area contributed by atoms with E-state index in [9.17, 15) is 4.79 Å². The quantitative estimate of drug-likeness (QED) is 0.384. The molecular weight excluding hydrogens is 500 g/mol. The summed E-state index contributed by atoms with van der Waals surface area (Å²) in [5.74, 6) is 0.695. The molecule has 0 atom stereocenters. The Balaban J connectivity index is 1.27. The van der Waals surface area contributed by atoms with Crippen LogP contribution >= 0.6 is 22.9 Å². The molecule has 7 rings (SSSR count). The summed E-state index contributed by atoms with van der Waals surface area (Å²) in [6.45, 7) is 3.90. The zero-order valence-electron chi connectivity index (χ0n) is 19.8. The van der Waals surface area contributed by atoms with Gasteiger partial charge in [0.15, 0.2) is 0 Å². The number of hydrogen-bond acceptors (Lipinski definition) is 10. The van der Waals surface area contributed by atoms with E-state index in [1.54, 1.807) is 6.20 Å². The van der Waals surface area contributed by atoms with E-state index in [0.717, 1.165) is 58.6 Å². The number of amides is 1. The second-order valence-electron chi connectivity index (χ2n) is 9.89. The van der Waals surface area contributed by atoms with Gasteiger partial charge in [-0.3, -0.25) is 4.79 Å². The number of fused-ring (bicyclic) bond motifs is 6. The summed E-state index contributed by atoms with van der Waals surface area (Å²) in [4.78, 5) is 36.3. The summed E-state index contributed by atoms with van der Waals surface area (Å²) in [5, 5.41) is 7.86. The maximum Gasteiger partial charge on any atom is 0.264 e. The smallest absolute Gasteiger partial charge is 0.264 e. The average molecular weight is 523 g/mol. The monoisotopic (exact) mass is 522 g/mol. The van der Waals surface area contributed by atoms with Gasteiger partial charge in [0.1, 0.15) is 4.88 Å². The number of nitrogens with zero attached hydrogens (tertiary/aromatic N) is 6. The van der Waals surface area contributed by atoms with Crippen molar-refractivity contribution >= 4 is 55.7 Å². The highest BCUT2D eigenvalue weighted by atomic mass is 35.5. The van der Waals surface area contributed by atoms with Crippen LogP contribution in [-0.4, -0.2) is 81.5 Å². The minimum Gasteiger partial charge on any atom is -0.418 e. The first-order chi connectivity index (χ1) is 17.4. The van der Waals surface area contributed by atoms with Gasteiger partial charge in [-0.2, -0.15) is 4.98 Å². The van der Waals surface area contributed by atoms with Crippen molar-refractivity contribution in [1.29, 1.82) is 0 Å². The van der Waals surface area contributed by atoms with E-state index in [1.807, 2.05) is 19.2 Å². The first-order valence-corrected chi connectivity index (χ1v) is 13.0. The molecule has 10 nitrogen and oxygen atoms in total. The van der Waals surface area contributed by atoms with Gasteiger partial charge >= 0.3 is 0 Å². The van der Waals surface area contributed by atoms with Gasteiger partial charge in [0, 0.05) is 49.2 Å². The molecule has 0 bridgehead atoms. The summed E-state index contributed by atoms with van der Waals surface area (Å²) in [5.41, 5.74) is 3.81. The summed E-state index contributed by atoms with van der Waals surface area (Å²) >= 11 is 7.65. The minimum atomic E-state index is -0.236. The number of aromatic nitrogens is 4. The third-order valence-electron chi connectivity index (χ3n) is 7.06. The van der Waals surface area contributed by atoms with Gasteiger partial charge in [-0.05, 0) is 37.8 Å². The molecule has 1 amide bonds. The number of likely N-dealkylation sites (tertiary alicyclic amines) is 1. The summed E-state index contributed by atoms with van der Waals surface area (Å²) in [7, 11) is 4.10.